The first-order chi connectivity index (χ1) is 14.7. The third-order valence-corrected chi connectivity index (χ3v) is 4.87. The van der Waals surface area contributed by atoms with Crippen LogP contribution in [0.1, 0.15) is 18.3 Å². The number of aromatic amines is 1. The summed E-state index contributed by atoms with van der Waals surface area (Å²) in [6.45, 7) is 5.95. The predicted molar refractivity (Wildman–Crippen MR) is 121 cm³/mol. The Bertz CT molecular complexity index is 1270. The summed E-state index contributed by atoms with van der Waals surface area (Å²) in [7, 11) is 0. The van der Waals surface area contributed by atoms with Crippen molar-refractivity contribution in [1.29, 1.82) is 0 Å². The molecule has 0 aliphatic heterocycles. The Labute approximate surface area is 174 Å². The van der Waals surface area contributed by atoms with E-state index in [9.17, 15) is 4.39 Å². The molecule has 2 N–H and O–H groups in total. The van der Waals surface area contributed by atoms with Gasteiger partial charge in [-0.2, -0.15) is 0 Å². The first kappa shape index (κ1) is 19.5. The normalized spacial score (nSPS) is 12.5. The SMILES string of the molecule is C=C/C(F)=C\C(=C/C)c1nc(NCCc2c[nH]c3ccccc23)c2ncccc2n1. The summed E-state index contributed by atoms with van der Waals surface area (Å²) in [5, 5.41) is 4.60. The van der Waals surface area contributed by atoms with Gasteiger partial charge in [-0.15, -0.1) is 0 Å². The molecule has 1 aromatic carbocycles. The van der Waals surface area contributed by atoms with E-state index in [0.29, 0.717) is 34.8 Å². The lowest BCUT2D eigenvalue weighted by atomic mass is 10.1. The van der Waals surface area contributed by atoms with E-state index in [1.54, 1.807) is 12.3 Å². The van der Waals surface area contributed by atoms with Crippen LogP contribution in [0.25, 0.3) is 27.5 Å². The highest BCUT2D eigenvalue weighted by atomic mass is 19.1. The van der Waals surface area contributed by atoms with Gasteiger partial charge in [0.2, 0.25) is 0 Å². The van der Waals surface area contributed by atoms with Crippen molar-refractivity contribution in [2.24, 2.45) is 0 Å². The van der Waals surface area contributed by atoms with Crippen LogP contribution in [-0.4, -0.2) is 26.5 Å². The first-order valence-corrected chi connectivity index (χ1v) is 9.77. The number of hydrogen-bond acceptors (Lipinski definition) is 4. The van der Waals surface area contributed by atoms with Gasteiger partial charge in [-0.3, -0.25) is 4.98 Å². The molecule has 4 rings (SSSR count). The Morgan fingerprint density at radius 3 is 2.90 bits per heavy atom. The molecule has 3 heterocycles. The van der Waals surface area contributed by atoms with E-state index in [0.717, 1.165) is 18.0 Å². The largest absolute Gasteiger partial charge is 0.368 e. The molecule has 3 aromatic heterocycles. The van der Waals surface area contributed by atoms with Gasteiger partial charge < -0.3 is 10.3 Å². The van der Waals surface area contributed by atoms with E-state index < -0.39 is 5.83 Å². The molecule has 0 saturated carbocycles. The minimum absolute atomic E-state index is 0.435. The van der Waals surface area contributed by atoms with Crippen LogP contribution in [0.15, 0.2) is 79.4 Å². The van der Waals surface area contributed by atoms with Crippen molar-refractivity contribution in [1.82, 2.24) is 19.9 Å². The summed E-state index contributed by atoms with van der Waals surface area (Å²) in [6, 6.07) is 11.9. The van der Waals surface area contributed by atoms with Crippen molar-refractivity contribution in [2.45, 2.75) is 13.3 Å². The summed E-state index contributed by atoms with van der Waals surface area (Å²) < 4.78 is 13.8. The second-order valence-corrected chi connectivity index (χ2v) is 6.78. The first-order valence-electron chi connectivity index (χ1n) is 9.77. The zero-order chi connectivity index (χ0) is 20.9. The van der Waals surface area contributed by atoms with Crippen LogP contribution in [0.5, 0.6) is 0 Å². The lowest BCUT2D eigenvalue weighted by Crippen LogP contribution is -2.09. The molecule has 0 bridgehead atoms. The maximum Gasteiger partial charge on any atom is 0.162 e. The highest BCUT2D eigenvalue weighted by Gasteiger charge is 2.12. The molecule has 4 aromatic rings. The summed E-state index contributed by atoms with van der Waals surface area (Å²) in [5.41, 5.74) is 4.32. The molecular weight excluding hydrogens is 377 g/mol. The monoisotopic (exact) mass is 399 g/mol. The summed E-state index contributed by atoms with van der Waals surface area (Å²) >= 11 is 0. The van der Waals surface area contributed by atoms with E-state index in [-0.39, 0.29) is 0 Å². The molecule has 0 amide bonds. The van der Waals surface area contributed by atoms with E-state index in [1.807, 2.05) is 37.4 Å². The Kier molecular flexibility index (Phi) is 5.66. The van der Waals surface area contributed by atoms with E-state index >= 15 is 0 Å². The van der Waals surface area contributed by atoms with Crippen LogP contribution in [0.2, 0.25) is 0 Å². The molecular formula is C24H22FN5. The molecule has 0 aliphatic rings. The smallest absolute Gasteiger partial charge is 0.162 e. The molecule has 0 saturated heterocycles. The van der Waals surface area contributed by atoms with Crippen molar-refractivity contribution < 1.29 is 4.39 Å². The summed E-state index contributed by atoms with van der Waals surface area (Å²) in [6.07, 6.45) is 8.88. The molecule has 0 radical (unpaired) electrons. The van der Waals surface area contributed by atoms with Gasteiger partial charge in [0.1, 0.15) is 11.3 Å². The molecule has 6 heteroatoms. The highest BCUT2D eigenvalue weighted by molar-refractivity contribution is 5.87. The number of nitrogens with zero attached hydrogens (tertiary/aromatic N) is 3. The quantitative estimate of drug-likeness (QED) is 0.397. The van der Waals surface area contributed by atoms with Crippen molar-refractivity contribution in [2.75, 3.05) is 11.9 Å². The van der Waals surface area contributed by atoms with E-state index in [2.05, 4.69) is 44.0 Å². The molecule has 5 nitrogen and oxygen atoms in total. The van der Waals surface area contributed by atoms with Gasteiger partial charge in [0.15, 0.2) is 11.6 Å². The summed E-state index contributed by atoms with van der Waals surface area (Å²) in [4.78, 5) is 16.9. The van der Waals surface area contributed by atoms with Crippen molar-refractivity contribution in [3.8, 4) is 0 Å². The fourth-order valence-corrected chi connectivity index (χ4v) is 3.36. The molecule has 0 fully saturated rings. The lowest BCUT2D eigenvalue weighted by Gasteiger charge is -2.10. The van der Waals surface area contributed by atoms with Gasteiger partial charge in [0.05, 0.1) is 5.52 Å². The minimum atomic E-state index is -0.438. The number of halogens is 1. The molecule has 0 aliphatic carbocycles. The summed E-state index contributed by atoms with van der Waals surface area (Å²) in [5.74, 6) is 0.624. The Morgan fingerprint density at radius 2 is 2.07 bits per heavy atom. The van der Waals surface area contributed by atoms with E-state index in [4.69, 9.17) is 0 Å². The number of fused-ring (bicyclic) bond motifs is 2. The average Bonchev–Trinajstić information content (AvgIpc) is 3.20. The van der Waals surface area contributed by atoms with Crippen molar-refractivity contribution >= 4 is 33.3 Å². The number of rotatable bonds is 7. The Balaban J connectivity index is 1.63. The van der Waals surface area contributed by atoms with Crippen LogP contribution in [0.4, 0.5) is 10.2 Å². The van der Waals surface area contributed by atoms with Gasteiger partial charge >= 0.3 is 0 Å². The maximum atomic E-state index is 13.8. The van der Waals surface area contributed by atoms with Crippen LogP contribution < -0.4 is 5.32 Å². The van der Waals surface area contributed by atoms with Crippen molar-refractivity contribution in [3.05, 3.63) is 90.8 Å². The van der Waals surface area contributed by atoms with Crippen LogP contribution >= 0.6 is 0 Å². The number of benzene rings is 1. The number of H-pyrrole nitrogens is 1. The number of nitrogens with one attached hydrogen (secondary N) is 2. The molecule has 30 heavy (non-hydrogen) atoms. The predicted octanol–water partition coefficient (Wildman–Crippen LogP) is 5.60. The molecule has 150 valence electrons. The van der Waals surface area contributed by atoms with Crippen LogP contribution in [-0.2, 0) is 6.42 Å². The number of pyridine rings is 1. The third kappa shape index (κ3) is 3.98. The maximum absolute atomic E-state index is 13.8. The zero-order valence-corrected chi connectivity index (χ0v) is 16.7. The van der Waals surface area contributed by atoms with E-state index in [1.165, 1.54) is 17.0 Å². The molecule has 0 spiro atoms. The van der Waals surface area contributed by atoms with Crippen LogP contribution in [0.3, 0.4) is 0 Å². The lowest BCUT2D eigenvalue weighted by molar-refractivity contribution is 0.668. The van der Waals surface area contributed by atoms with Gasteiger partial charge in [0, 0.05) is 35.4 Å². The van der Waals surface area contributed by atoms with Crippen molar-refractivity contribution in [3.63, 3.8) is 0 Å². The third-order valence-electron chi connectivity index (χ3n) is 4.87. The topological polar surface area (TPSA) is 66.5 Å². The zero-order valence-electron chi connectivity index (χ0n) is 16.7. The van der Waals surface area contributed by atoms with Gasteiger partial charge in [-0.1, -0.05) is 30.9 Å². The average molecular weight is 399 g/mol. The number of allylic oxidation sites excluding steroid dienone is 5. The fourth-order valence-electron chi connectivity index (χ4n) is 3.36. The van der Waals surface area contributed by atoms with Gasteiger partial charge in [0.25, 0.3) is 0 Å². The van der Waals surface area contributed by atoms with Crippen LogP contribution in [0, 0.1) is 0 Å². The number of hydrogen-bond donors (Lipinski definition) is 2. The van der Waals surface area contributed by atoms with Gasteiger partial charge in [-0.25, -0.2) is 14.4 Å². The molecule has 0 atom stereocenters. The number of para-hydroxylation sites is 1. The Hall–Kier alpha value is -3.80. The second-order valence-electron chi connectivity index (χ2n) is 6.78. The highest BCUT2D eigenvalue weighted by Crippen LogP contribution is 2.23. The fraction of sp³-hybridized carbons (Fsp3) is 0.125. The van der Waals surface area contributed by atoms with Gasteiger partial charge in [-0.05, 0) is 49.3 Å². The molecule has 0 unspecified atom stereocenters. The standard InChI is InChI=1S/C24H22FN5/c1-3-16(14-18(25)4-2)23-29-21-10-7-12-26-22(21)24(30-23)27-13-11-17-15-28-20-9-6-5-8-19(17)20/h3-10,12,14-15,28H,2,11,13H2,1H3,(H,27,29,30)/b16-3+,18-14+. The minimum Gasteiger partial charge on any atom is -0.368 e. The number of aromatic nitrogens is 4. The number of anilines is 1. The second kappa shape index (κ2) is 8.69. The Morgan fingerprint density at radius 1 is 1.20 bits per heavy atom.